The highest BCUT2D eigenvalue weighted by atomic mass is 32.1. The second kappa shape index (κ2) is 10.8. The van der Waals surface area contributed by atoms with E-state index in [0.29, 0.717) is 31.4 Å². The van der Waals surface area contributed by atoms with Crippen LogP contribution in [-0.4, -0.2) is 62.4 Å². The summed E-state index contributed by atoms with van der Waals surface area (Å²) in [7, 11) is 5.69. The number of hydrogen-bond donors (Lipinski definition) is 0. The van der Waals surface area contributed by atoms with Gasteiger partial charge in [0, 0.05) is 22.9 Å². The highest BCUT2D eigenvalue weighted by Crippen LogP contribution is 2.21. The molecule has 0 atom stereocenters. The van der Waals surface area contributed by atoms with Gasteiger partial charge in [0.15, 0.2) is 5.69 Å². The number of fused-ring (bicyclic) bond motifs is 1. The topological polar surface area (TPSA) is 56.7 Å². The summed E-state index contributed by atoms with van der Waals surface area (Å²) in [6.45, 7) is 2.43. The zero-order chi connectivity index (χ0) is 20.5. The fourth-order valence-corrected chi connectivity index (χ4v) is 3.17. The third-order valence-electron chi connectivity index (χ3n) is 4.07. The fraction of sp³-hybridized carbons (Fsp3) is 0.364. The average molecular weight is 412 g/mol. The number of likely N-dealkylation sites (N-methyl/N-ethyl adjacent to an activating group) is 1. The van der Waals surface area contributed by atoms with Crippen molar-refractivity contribution in [3.63, 3.8) is 0 Å². The molecule has 0 spiro atoms. The first-order chi connectivity index (χ1) is 14.2. The summed E-state index contributed by atoms with van der Waals surface area (Å²) in [6, 6.07) is 0. The average Bonchev–Trinajstić information content (AvgIpc) is 3.04. The lowest BCUT2D eigenvalue weighted by Gasteiger charge is -2.10. The highest BCUT2D eigenvalue weighted by molar-refractivity contribution is 7.09. The SMILES string of the molecule is COC1=CCC=C(C#Cc2nc3cscc3nc2OCCOCCN(C)C)C=C1. The Bertz CT molecular complexity index is 980. The van der Waals surface area contributed by atoms with Crippen LogP contribution in [0, 0.1) is 11.8 Å². The fourth-order valence-electron chi connectivity index (χ4n) is 2.50. The normalized spacial score (nSPS) is 13.5. The number of allylic oxidation sites excluding steroid dienone is 5. The Hall–Kier alpha value is -2.66. The van der Waals surface area contributed by atoms with E-state index in [1.807, 2.05) is 49.2 Å². The lowest BCUT2D eigenvalue weighted by Crippen LogP contribution is -2.19. The maximum absolute atomic E-state index is 5.84. The molecule has 0 aliphatic heterocycles. The van der Waals surface area contributed by atoms with Crippen molar-refractivity contribution in [2.24, 2.45) is 0 Å². The molecule has 1 aliphatic rings. The minimum Gasteiger partial charge on any atom is -0.497 e. The molecule has 0 saturated heterocycles. The first-order valence-electron chi connectivity index (χ1n) is 9.39. The van der Waals surface area contributed by atoms with Crippen LogP contribution >= 0.6 is 11.3 Å². The number of ether oxygens (including phenoxy) is 3. The molecule has 0 bridgehead atoms. The molecule has 3 rings (SSSR count). The quantitative estimate of drug-likeness (QED) is 0.490. The van der Waals surface area contributed by atoms with Gasteiger partial charge < -0.3 is 19.1 Å². The van der Waals surface area contributed by atoms with Crippen molar-refractivity contribution in [1.82, 2.24) is 14.9 Å². The predicted octanol–water partition coefficient (Wildman–Crippen LogP) is 3.42. The van der Waals surface area contributed by atoms with E-state index in [1.54, 1.807) is 18.4 Å². The number of thiophene rings is 1. The molecule has 0 aromatic carbocycles. The zero-order valence-corrected chi connectivity index (χ0v) is 17.8. The Morgan fingerprint density at radius 2 is 1.86 bits per heavy atom. The summed E-state index contributed by atoms with van der Waals surface area (Å²) >= 11 is 1.56. The third kappa shape index (κ3) is 6.43. The van der Waals surface area contributed by atoms with E-state index in [9.17, 15) is 0 Å². The van der Waals surface area contributed by atoms with Crippen LogP contribution in [-0.2, 0) is 9.47 Å². The second-order valence-corrected chi connectivity index (χ2v) is 7.32. The molecule has 2 heterocycles. The smallest absolute Gasteiger partial charge is 0.249 e. The lowest BCUT2D eigenvalue weighted by atomic mass is 10.2. The van der Waals surface area contributed by atoms with Crippen molar-refractivity contribution in [1.29, 1.82) is 0 Å². The van der Waals surface area contributed by atoms with Gasteiger partial charge >= 0.3 is 0 Å². The van der Waals surface area contributed by atoms with Crippen molar-refractivity contribution in [3.05, 3.63) is 52.1 Å². The summed E-state index contributed by atoms with van der Waals surface area (Å²) < 4.78 is 16.7. The maximum Gasteiger partial charge on any atom is 0.249 e. The van der Waals surface area contributed by atoms with Crippen LogP contribution in [0.4, 0.5) is 0 Å². The molecule has 1 aliphatic carbocycles. The number of methoxy groups -OCH3 is 1. The third-order valence-corrected chi connectivity index (χ3v) is 4.79. The van der Waals surface area contributed by atoms with Crippen LogP contribution in [0.2, 0.25) is 0 Å². The molecule has 2 aromatic heterocycles. The molecule has 0 saturated carbocycles. The maximum atomic E-state index is 5.84. The van der Waals surface area contributed by atoms with Gasteiger partial charge in [-0.15, -0.1) is 11.3 Å². The Morgan fingerprint density at radius 1 is 1.03 bits per heavy atom. The number of hydrogen-bond acceptors (Lipinski definition) is 7. The number of rotatable bonds is 8. The Labute approximate surface area is 175 Å². The first-order valence-corrected chi connectivity index (χ1v) is 10.3. The molecule has 0 unspecified atom stereocenters. The molecule has 152 valence electrons. The van der Waals surface area contributed by atoms with Gasteiger partial charge in [-0.25, -0.2) is 9.97 Å². The number of aromatic nitrogens is 2. The van der Waals surface area contributed by atoms with E-state index < -0.39 is 0 Å². The van der Waals surface area contributed by atoms with Crippen molar-refractivity contribution < 1.29 is 14.2 Å². The van der Waals surface area contributed by atoms with Gasteiger partial charge in [-0.1, -0.05) is 12.0 Å². The summed E-state index contributed by atoms with van der Waals surface area (Å²) in [4.78, 5) is 11.3. The minimum atomic E-state index is 0.399. The first kappa shape index (κ1) is 21.1. The van der Waals surface area contributed by atoms with E-state index in [1.165, 1.54) is 0 Å². The van der Waals surface area contributed by atoms with Crippen molar-refractivity contribution in [3.8, 4) is 17.7 Å². The molecule has 0 radical (unpaired) electrons. The molecule has 2 aromatic rings. The predicted molar refractivity (Wildman–Crippen MR) is 116 cm³/mol. The summed E-state index contributed by atoms with van der Waals surface area (Å²) in [6.07, 6.45) is 8.66. The lowest BCUT2D eigenvalue weighted by molar-refractivity contribution is 0.0875. The zero-order valence-electron chi connectivity index (χ0n) is 17.0. The highest BCUT2D eigenvalue weighted by Gasteiger charge is 2.09. The van der Waals surface area contributed by atoms with Crippen molar-refractivity contribution >= 4 is 22.4 Å². The van der Waals surface area contributed by atoms with E-state index in [2.05, 4.69) is 26.7 Å². The van der Waals surface area contributed by atoms with Gasteiger partial charge in [-0.3, -0.25) is 0 Å². The molecule has 29 heavy (non-hydrogen) atoms. The second-order valence-electron chi connectivity index (χ2n) is 6.57. The van der Waals surface area contributed by atoms with E-state index in [-0.39, 0.29) is 0 Å². The van der Waals surface area contributed by atoms with E-state index >= 15 is 0 Å². The molecule has 6 nitrogen and oxygen atoms in total. The van der Waals surface area contributed by atoms with Crippen LogP contribution in [0.15, 0.2) is 46.4 Å². The van der Waals surface area contributed by atoms with Gasteiger partial charge in [0.2, 0.25) is 5.88 Å². The van der Waals surface area contributed by atoms with Gasteiger partial charge in [0.25, 0.3) is 0 Å². The molecule has 0 fully saturated rings. The van der Waals surface area contributed by atoms with Crippen LogP contribution in [0.1, 0.15) is 12.1 Å². The van der Waals surface area contributed by atoms with E-state index in [4.69, 9.17) is 14.2 Å². The van der Waals surface area contributed by atoms with Crippen LogP contribution in [0.5, 0.6) is 5.88 Å². The number of nitrogens with zero attached hydrogens (tertiary/aromatic N) is 3. The summed E-state index contributed by atoms with van der Waals surface area (Å²) in [5.74, 6) is 7.55. The Kier molecular flexibility index (Phi) is 7.82. The Balaban J connectivity index is 1.70. The molecular weight excluding hydrogens is 386 g/mol. The van der Waals surface area contributed by atoms with Crippen LogP contribution in [0.25, 0.3) is 11.0 Å². The largest absolute Gasteiger partial charge is 0.497 e. The summed E-state index contributed by atoms with van der Waals surface area (Å²) in [5, 5.41) is 3.91. The van der Waals surface area contributed by atoms with Crippen LogP contribution < -0.4 is 4.74 Å². The standard InChI is InChI=1S/C22H25N3O3S/c1-25(2)11-12-27-13-14-28-22-19(23-20-15-29-16-21(20)24-22)10-8-17-5-4-6-18(26-3)9-7-17/h5-7,9,15-16H,4,11-14H2,1-3H3. The van der Waals surface area contributed by atoms with Gasteiger partial charge in [0.05, 0.1) is 20.3 Å². The van der Waals surface area contributed by atoms with Gasteiger partial charge in [0.1, 0.15) is 23.4 Å². The van der Waals surface area contributed by atoms with E-state index in [0.717, 1.165) is 35.3 Å². The molecule has 0 amide bonds. The van der Waals surface area contributed by atoms with Crippen LogP contribution in [0.3, 0.4) is 0 Å². The summed E-state index contributed by atoms with van der Waals surface area (Å²) in [5.41, 5.74) is 3.07. The monoisotopic (exact) mass is 411 g/mol. The molecule has 7 heteroatoms. The van der Waals surface area contributed by atoms with Crippen molar-refractivity contribution in [2.45, 2.75) is 6.42 Å². The molecule has 0 N–H and O–H groups in total. The molecular formula is C22H25N3O3S. The van der Waals surface area contributed by atoms with Gasteiger partial charge in [-0.05, 0) is 44.7 Å². The minimum absolute atomic E-state index is 0.399. The Morgan fingerprint density at radius 3 is 2.66 bits per heavy atom. The van der Waals surface area contributed by atoms with Crippen molar-refractivity contribution in [2.75, 3.05) is 47.6 Å². The van der Waals surface area contributed by atoms with Gasteiger partial charge in [-0.2, -0.15) is 0 Å².